The van der Waals surface area contributed by atoms with E-state index in [0.717, 1.165) is 109 Å². The standard InChI is InChI=1S/C34H58F4/c1-3-5-9-27-19-21-29(33(37)31(27)35)26-17-13-24(14-18-26)8-6-10-28-20-22-30(34(38)32(28)36)25-15-11-23(7-4-2)12-16-25/h23-34H,3-22H2,1-2H3/t23?,24?,25?,26?,27?,28?,29?,30?,31-,32-,33?,34?/m0/s1. The number of hydrogen-bond donors (Lipinski definition) is 0. The maximum Gasteiger partial charge on any atom is 0.134 e. The Labute approximate surface area is 231 Å². The molecule has 0 N–H and O–H groups in total. The fraction of sp³-hybridized carbons (Fsp3) is 1.00. The van der Waals surface area contributed by atoms with E-state index in [4.69, 9.17) is 0 Å². The summed E-state index contributed by atoms with van der Waals surface area (Å²) in [6, 6.07) is 0. The Hall–Kier alpha value is -0.280. The van der Waals surface area contributed by atoms with Crippen LogP contribution in [-0.2, 0) is 0 Å². The summed E-state index contributed by atoms with van der Waals surface area (Å²) in [5.74, 6) is 1.85. The van der Waals surface area contributed by atoms with Crippen LogP contribution in [-0.4, -0.2) is 24.7 Å². The van der Waals surface area contributed by atoms with Crippen LogP contribution in [0.15, 0.2) is 0 Å². The Balaban J connectivity index is 1.13. The Bertz CT molecular complexity index is 653. The van der Waals surface area contributed by atoms with Gasteiger partial charge in [0.1, 0.15) is 24.7 Å². The average Bonchev–Trinajstić information content (AvgIpc) is 2.93. The summed E-state index contributed by atoms with van der Waals surface area (Å²) in [7, 11) is 0. The third kappa shape index (κ3) is 7.71. The Kier molecular flexibility index (Phi) is 12.2. The summed E-state index contributed by atoms with van der Waals surface area (Å²) < 4.78 is 60.2. The van der Waals surface area contributed by atoms with E-state index in [1.807, 2.05) is 0 Å². The van der Waals surface area contributed by atoms with Crippen LogP contribution in [0, 0.1) is 47.3 Å². The fourth-order valence-electron chi connectivity index (χ4n) is 9.39. The molecule has 4 rings (SSSR count). The highest BCUT2D eigenvalue weighted by atomic mass is 19.2. The molecule has 4 aliphatic carbocycles. The Morgan fingerprint density at radius 2 is 0.868 bits per heavy atom. The second-order valence-electron chi connectivity index (χ2n) is 14.2. The summed E-state index contributed by atoms with van der Waals surface area (Å²) in [5.41, 5.74) is 0. The largest absolute Gasteiger partial charge is 0.244 e. The van der Waals surface area contributed by atoms with Crippen molar-refractivity contribution in [2.45, 2.75) is 167 Å². The third-order valence-corrected chi connectivity index (χ3v) is 11.9. The van der Waals surface area contributed by atoms with Crippen LogP contribution in [0.5, 0.6) is 0 Å². The molecule has 8 atom stereocenters. The molecule has 0 spiro atoms. The van der Waals surface area contributed by atoms with E-state index >= 15 is 13.2 Å². The molecule has 222 valence electrons. The minimum Gasteiger partial charge on any atom is -0.244 e. The van der Waals surface area contributed by atoms with Crippen molar-refractivity contribution >= 4 is 0 Å². The lowest BCUT2D eigenvalue weighted by Crippen LogP contribution is -2.42. The van der Waals surface area contributed by atoms with Crippen LogP contribution in [0.1, 0.15) is 142 Å². The normalized spacial score (nSPS) is 44.7. The molecule has 0 aromatic heterocycles. The van der Waals surface area contributed by atoms with Gasteiger partial charge in [0.05, 0.1) is 0 Å². The molecule has 4 heteroatoms. The molecular formula is C34H58F4. The first-order chi connectivity index (χ1) is 18.4. The molecule has 0 nitrogen and oxygen atoms in total. The van der Waals surface area contributed by atoms with Crippen molar-refractivity contribution in [1.82, 2.24) is 0 Å². The van der Waals surface area contributed by atoms with Crippen LogP contribution in [0.2, 0.25) is 0 Å². The van der Waals surface area contributed by atoms with E-state index in [9.17, 15) is 4.39 Å². The van der Waals surface area contributed by atoms with Gasteiger partial charge >= 0.3 is 0 Å². The zero-order valence-corrected chi connectivity index (χ0v) is 24.6. The molecule has 0 radical (unpaired) electrons. The molecule has 38 heavy (non-hydrogen) atoms. The fourth-order valence-corrected chi connectivity index (χ4v) is 9.39. The number of alkyl halides is 4. The van der Waals surface area contributed by atoms with Crippen molar-refractivity contribution in [2.75, 3.05) is 0 Å². The van der Waals surface area contributed by atoms with Crippen molar-refractivity contribution in [3.05, 3.63) is 0 Å². The molecule has 0 aliphatic heterocycles. The van der Waals surface area contributed by atoms with Crippen molar-refractivity contribution in [3.63, 3.8) is 0 Å². The van der Waals surface area contributed by atoms with E-state index in [-0.39, 0.29) is 23.7 Å². The predicted molar refractivity (Wildman–Crippen MR) is 151 cm³/mol. The first kappa shape index (κ1) is 30.7. The lowest BCUT2D eigenvalue weighted by Gasteiger charge is -2.42. The van der Waals surface area contributed by atoms with Crippen molar-refractivity contribution < 1.29 is 17.6 Å². The van der Waals surface area contributed by atoms with Crippen LogP contribution in [0.3, 0.4) is 0 Å². The molecule has 4 saturated carbocycles. The SMILES string of the molecule is CCCCC1CCC(C2CCC(CCCC3CCC(C4CCC(CCC)CC4)C(F)[C@H]3F)CC2)C(F)[C@H]1F. The van der Waals surface area contributed by atoms with E-state index in [1.54, 1.807) is 0 Å². The van der Waals surface area contributed by atoms with Gasteiger partial charge in [-0.25, -0.2) is 17.6 Å². The highest BCUT2D eigenvalue weighted by Crippen LogP contribution is 2.47. The van der Waals surface area contributed by atoms with Crippen LogP contribution in [0.4, 0.5) is 17.6 Å². The summed E-state index contributed by atoms with van der Waals surface area (Å²) in [6.45, 7) is 4.36. The lowest BCUT2D eigenvalue weighted by molar-refractivity contribution is -0.0174. The number of halogens is 4. The van der Waals surface area contributed by atoms with E-state index < -0.39 is 24.7 Å². The number of unbranched alkanes of at least 4 members (excludes halogenated alkanes) is 1. The molecule has 0 saturated heterocycles. The minimum absolute atomic E-state index is 0.0518. The number of hydrogen-bond acceptors (Lipinski definition) is 0. The molecule has 4 fully saturated rings. The Morgan fingerprint density at radius 1 is 0.421 bits per heavy atom. The van der Waals surface area contributed by atoms with Crippen LogP contribution >= 0.6 is 0 Å². The van der Waals surface area contributed by atoms with Crippen molar-refractivity contribution in [1.29, 1.82) is 0 Å². The predicted octanol–water partition coefficient (Wildman–Crippen LogP) is 11.2. The summed E-state index contributed by atoms with van der Waals surface area (Å²) >= 11 is 0. The first-order valence-electron chi connectivity index (χ1n) is 17.0. The highest BCUT2D eigenvalue weighted by molar-refractivity contribution is 4.94. The van der Waals surface area contributed by atoms with Gasteiger partial charge in [0.25, 0.3) is 0 Å². The van der Waals surface area contributed by atoms with Gasteiger partial charge in [-0.2, -0.15) is 0 Å². The smallest absolute Gasteiger partial charge is 0.134 e. The van der Waals surface area contributed by atoms with E-state index in [0.29, 0.717) is 17.8 Å². The van der Waals surface area contributed by atoms with Crippen LogP contribution < -0.4 is 0 Å². The molecule has 0 aromatic rings. The Morgan fingerprint density at radius 3 is 1.32 bits per heavy atom. The van der Waals surface area contributed by atoms with Gasteiger partial charge in [-0.1, -0.05) is 78.1 Å². The quantitative estimate of drug-likeness (QED) is 0.228. The average molecular weight is 543 g/mol. The second kappa shape index (κ2) is 15.1. The topological polar surface area (TPSA) is 0 Å². The summed E-state index contributed by atoms with van der Waals surface area (Å²) in [6.07, 6.45) is 15.5. The molecule has 4 aliphatic rings. The molecule has 6 unspecified atom stereocenters. The van der Waals surface area contributed by atoms with Crippen LogP contribution in [0.25, 0.3) is 0 Å². The van der Waals surface area contributed by atoms with Gasteiger partial charge in [-0.3, -0.25) is 0 Å². The zero-order chi connectivity index (χ0) is 27.1. The van der Waals surface area contributed by atoms with E-state index in [1.165, 1.54) is 25.7 Å². The van der Waals surface area contributed by atoms with Gasteiger partial charge in [0.2, 0.25) is 0 Å². The zero-order valence-electron chi connectivity index (χ0n) is 24.6. The van der Waals surface area contributed by atoms with Gasteiger partial charge in [-0.05, 0) is 112 Å². The minimum atomic E-state index is -1.28. The maximum absolute atomic E-state index is 15.2. The van der Waals surface area contributed by atoms with Crippen molar-refractivity contribution in [3.8, 4) is 0 Å². The maximum atomic E-state index is 15.2. The monoisotopic (exact) mass is 542 g/mol. The highest BCUT2D eigenvalue weighted by Gasteiger charge is 2.45. The summed E-state index contributed by atoms with van der Waals surface area (Å²) in [4.78, 5) is 0. The van der Waals surface area contributed by atoms with Crippen molar-refractivity contribution in [2.24, 2.45) is 47.3 Å². The van der Waals surface area contributed by atoms with Gasteiger partial charge < -0.3 is 0 Å². The van der Waals surface area contributed by atoms with Gasteiger partial charge in [0.15, 0.2) is 0 Å². The van der Waals surface area contributed by atoms with Gasteiger partial charge in [0, 0.05) is 0 Å². The molecule has 0 bridgehead atoms. The molecule has 0 amide bonds. The van der Waals surface area contributed by atoms with E-state index in [2.05, 4.69) is 13.8 Å². The molecule has 0 heterocycles. The lowest BCUT2D eigenvalue weighted by atomic mass is 9.66. The molecule has 0 aromatic carbocycles. The first-order valence-corrected chi connectivity index (χ1v) is 17.0. The second-order valence-corrected chi connectivity index (χ2v) is 14.2. The third-order valence-electron chi connectivity index (χ3n) is 11.9. The molecular weight excluding hydrogens is 484 g/mol. The number of rotatable bonds is 11. The van der Waals surface area contributed by atoms with Gasteiger partial charge in [-0.15, -0.1) is 0 Å². The summed E-state index contributed by atoms with van der Waals surface area (Å²) in [5, 5.41) is 0.